The number of aromatic nitrogens is 3. The summed E-state index contributed by atoms with van der Waals surface area (Å²) in [5.41, 5.74) is -2.00. The predicted molar refractivity (Wildman–Crippen MR) is 138 cm³/mol. The molecule has 0 unspecified atom stereocenters. The number of alkyl carbamates (subject to hydrolysis) is 1. The van der Waals surface area contributed by atoms with Crippen LogP contribution in [0.1, 0.15) is 88.2 Å². The molecule has 0 radical (unpaired) electrons. The molecule has 1 fully saturated rings. The van der Waals surface area contributed by atoms with Crippen LogP contribution in [0.25, 0.3) is 0 Å². The van der Waals surface area contributed by atoms with Gasteiger partial charge in [0, 0.05) is 29.7 Å². The van der Waals surface area contributed by atoms with E-state index in [1.807, 2.05) is 10.8 Å². The lowest BCUT2D eigenvalue weighted by Gasteiger charge is -2.27. The van der Waals surface area contributed by atoms with Gasteiger partial charge in [-0.05, 0) is 66.7 Å². The van der Waals surface area contributed by atoms with Crippen LogP contribution in [0.5, 0.6) is 0 Å². The normalized spacial score (nSPS) is 13.8. The van der Waals surface area contributed by atoms with Crippen molar-refractivity contribution in [1.82, 2.24) is 19.9 Å². The van der Waals surface area contributed by atoms with Gasteiger partial charge >= 0.3 is 18.0 Å². The summed E-state index contributed by atoms with van der Waals surface area (Å²) in [5, 5.41) is 3.86. The van der Waals surface area contributed by atoms with Crippen LogP contribution in [0.4, 0.5) is 4.79 Å². The molecule has 0 aliphatic heterocycles. The lowest BCUT2D eigenvalue weighted by Crippen LogP contribution is -2.46. The quantitative estimate of drug-likeness (QED) is 0.174. The Kier molecular flexibility index (Phi) is 9.69. The van der Waals surface area contributed by atoms with Crippen LogP contribution in [0.3, 0.4) is 0 Å². The fourth-order valence-electron chi connectivity index (χ4n) is 3.91. The highest BCUT2D eigenvalue weighted by Gasteiger charge is 2.52. The molecular formula is C26H38N4O6S. The van der Waals surface area contributed by atoms with E-state index in [0.29, 0.717) is 31.8 Å². The smallest absolute Gasteiger partial charge is 0.407 e. The molecule has 10 nitrogen and oxygen atoms in total. The SMILES string of the molecule is CCOC(=O)C(CCCCNC(=O)OC(C)(C)C)(C(=O)OCC)c1cn(Cc2cnc(C3CC3)s2)cn1. The summed E-state index contributed by atoms with van der Waals surface area (Å²) in [6.07, 6.45) is 8.16. The van der Waals surface area contributed by atoms with Gasteiger partial charge in [0.1, 0.15) is 5.60 Å². The zero-order chi connectivity index (χ0) is 27.1. The van der Waals surface area contributed by atoms with Gasteiger partial charge < -0.3 is 24.1 Å². The number of unbranched alkanes of at least 4 members (excludes halogenated alkanes) is 1. The Morgan fingerprint density at radius 3 is 2.35 bits per heavy atom. The summed E-state index contributed by atoms with van der Waals surface area (Å²) >= 11 is 1.68. The minimum absolute atomic E-state index is 0.117. The van der Waals surface area contributed by atoms with Gasteiger partial charge in [-0.25, -0.2) is 14.8 Å². The molecule has 37 heavy (non-hydrogen) atoms. The second kappa shape index (κ2) is 12.5. The molecule has 2 aromatic rings. The molecular weight excluding hydrogens is 496 g/mol. The van der Waals surface area contributed by atoms with E-state index in [2.05, 4.69) is 15.3 Å². The fraction of sp³-hybridized carbons (Fsp3) is 0.654. The maximum Gasteiger partial charge on any atom is 0.407 e. The number of rotatable bonds is 13. The molecule has 0 aromatic carbocycles. The second-order valence-electron chi connectivity index (χ2n) is 10.1. The molecule has 3 rings (SSSR count). The lowest BCUT2D eigenvalue weighted by molar-refractivity contribution is -0.165. The van der Waals surface area contributed by atoms with Crippen LogP contribution in [0, 0.1) is 0 Å². The third-order valence-electron chi connectivity index (χ3n) is 5.80. The number of ether oxygens (including phenoxy) is 3. The maximum absolute atomic E-state index is 13.3. The molecule has 0 bridgehead atoms. The lowest BCUT2D eigenvalue weighted by atomic mass is 9.79. The minimum Gasteiger partial charge on any atom is -0.465 e. The van der Waals surface area contributed by atoms with Crippen molar-refractivity contribution in [2.24, 2.45) is 0 Å². The second-order valence-corrected chi connectivity index (χ2v) is 11.2. The summed E-state index contributed by atoms with van der Waals surface area (Å²) < 4.78 is 17.8. The molecule has 1 saturated carbocycles. The Hall–Kier alpha value is -2.95. The van der Waals surface area contributed by atoms with Gasteiger partial charge in [-0.2, -0.15) is 0 Å². The molecule has 2 aromatic heterocycles. The van der Waals surface area contributed by atoms with Crippen molar-refractivity contribution in [3.8, 4) is 0 Å². The Balaban J connectivity index is 1.75. The molecule has 1 aliphatic rings. The van der Waals surface area contributed by atoms with Gasteiger partial charge in [-0.1, -0.05) is 0 Å². The number of hydrogen-bond donors (Lipinski definition) is 1. The number of hydrogen-bond acceptors (Lipinski definition) is 9. The molecule has 1 N–H and O–H groups in total. The first-order valence-corrected chi connectivity index (χ1v) is 13.7. The van der Waals surface area contributed by atoms with E-state index in [0.717, 1.165) is 9.88 Å². The van der Waals surface area contributed by atoms with Crippen LogP contribution in [-0.2, 0) is 35.8 Å². The number of imidazole rings is 1. The Labute approximate surface area is 222 Å². The maximum atomic E-state index is 13.3. The Bertz CT molecular complexity index is 1050. The molecule has 0 saturated heterocycles. The molecule has 2 heterocycles. The summed E-state index contributed by atoms with van der Waals surface area (Å²) in [5.74, 6) is -0.789. The first kappa shape index (κ1) is 28.6. The van der Waals surface area contributed by atoms with Crippen LogP contribution >= 0.6 is 11.3 Å². The van der Waals surface area contributed by atoms with E-state index in [4.69, 9.17) is 14.2 Å². The molecule has 1 amide bonds. The van der Waals surface area contributed by atoms with Crippen molar-refractivity contribution in [2.75, 3.05) is 19.8 Å². The number of nitrogens with zero attached hydrogens (tertiary/aromatic N) is 3. The van der Waals surface area contributed by atoms with Crippen molar-refractivity contribution in [2.45, 2.75) is 90.2 Å². The molecule has 204 valence electrons. The van der Waals surface area contributed by atoms with E-state index in [1.54, 1.807) is 58.5 Å². The highest BCUT2D eigenvalue weighted by molar-refractivity contribution is 7.11. The van der Waals surface area contributed by atoms with Gasteiger partial charge in [0.15, 0.2) is 0 Å². The van der Waals surface area contributed by atoms with E-state index < -0.39 is 29.0 Å². The highest BCUT2D eigenvalue weighted by Crippen LogP contribution is 2.42. The molecule has 1 aliphatic carbocycles. The third-order valence-corrected chi connectivity index (χ3v) is 6.95. The topological polar surface area (TPSA) is 122 Å². The number of nitrogens with one attached hydrogen (secondary N) is 1. The zero-order valence-corrected chi connectivity index (χ0v) is 23.2. The number of carbonyl (C=O) groups excluding carboxylic acids is 3. The van der Waals surface area contributed by atoms with Gasteiger partial charge in [-0.15, -0.1) is 11.3 Å². The van der Waals surface area contributed by atoms with Crippen LogP contribution in [0.2, 0.25) is 0 Å². The van der Waals surface area contributed by atoms with E-state index in [1.165, 1.54) is 12.8 Å². The summed E-state index contributed by atoms with van der Waals surface area (Å²) in [7, 11) is 0. The summed E-state index contributed by atoms with van der Waals surface area (Å²) in [6.45, 7) is 9.87. The van der Waals surface area contributed by atoms with E-state index >= 15 is 0 Å². The third kappa shape index (κ3) is 7.77. The molecule has 0 spiro atoms. The zero-order valence-electron chi connectivity index (χ0n) is 22.4. The minimum atomic E-state index is -1.70. The Morgan fingerprint density at radius 1 is 1.08 bits per heavy atom. The number of amides is 1. The molecule has 0 atom stereocenters. The first-order chi connectivity index (χ1) is 17.6. The van der Waals surface area contributed by atoms with Crippen molar-refractivity contribution < 1.29 is 28.6 Å². The highest BCUT2D eigenvalue weighted by atomic mass is 32.1. The molecule has 11 heteroatoms. The van der Waals surface area contributed by atoms with Crippen LogP contribution < -0.4 is 5.32 Å². The van der Waals surface area contributed by atoms with Crippen molar-refractivity contribution >= 4 is 29.4 Å². The largest absolute Gasteiger partial charge is 0.465 e. The van der Waals surface area contributed by atoms with Crippen molar-refractivity contribution in [1.29, 1.82) is 0 Å². The first-order valence-electron chi connectivity index (χ1n) is 12.9. The summed E-state index contributed by atoms with van der Waals surface area (Å²) in [4.78, 5) is 48.6. The average Bonchev–Trinajstić information content (AvgIpc) is 3.39. The van der Waals surface area contributed by atoms with Gasteiger partial charge in [0.05, 0.1) is 36.8 Å². The van der Waals surface area contributed by atoms with Crippen LogP contribution in [0.15, 0.2) is 18.7 Å². The van der Waals surface area contributed by atoms with Crippen molar-refractivity contribution in [3.05, 3.63) is 34.3 Å². The number of esters is 2. The van der Waals surface area contributed by atoms with Gasteiger partial charge in [-0.3, -0.25) is 9.59 Å². The average molecular weight is 535 g/mol. The van der Waals surface area contributed by atoms with Crippen molar-refractivity contribution in [3.63, 3.8) is 0 Å². The standard InChI is InChI=1S/C26H38N4O6S/c1-6-34-22(31)26(23(32)35-7-2,12-8-9-13-27-24(33)36-25(3,4)5)20-16-30(17-29-20)15-19-14-28-21(37-19)18-10-11-18/h14,16-18H,6-13,15H2,1-5H3,(H,27,33). The van der Waals surface area contributed by atoms with Gasteiger partial charge in [0.2, 0.25) is 5.41 Å². The van der Waals surface area contributed by atoms with Crippen LogP contribution in [-0.4, -0.2) is 57.9 Å². The monoisotopic (exact) mass is 534 g/mol. The predicted octanol–water partition coefficient (Wildman–Crippen LogP) is 4.32. The fourth-order valence-corrected chi connectivity index (χ4v) is 5.01. The van der Waals surface area contributed by atoms with Gasteiger partial charge in [0.25, 0.3) is 0 Å². The number of carbonyl (C=O) groups is 3. The van der Waals surface area contributed by atoms with E-state index in [9.17, 15) is 14.4 Å². The Morgan fingerprint density at radius 2 is 1.76 bits per heavy atom. The summed E-state index contributed by atoms with van der Waals surface area (Å²) in [6, 6.07) is 0. The van der Waals surface area contributed by atoms with E-state index in [-0.39, 0.29) is 25.3 Å². The number of thiazole rings is 1.